The number of ether oxygens (including phenoxy) is 1. The summed E-state index contributed by atoms with van der Waals surface area (Å²) in [5.74, 6) is 0.653. The number of aromatic nitrogens is 2. The minimum atomic E-state index is -0.419. The van der Waals surface area contributed by atoms with Crippen molar-refractivity contribution in [1.29, 1.82) is 0 Å². The van der Waals surface area contributed by atoms with E-state index < -0.39 is 5.82 Å². The molecule has 0 saturated carbocycles. The van der Waals surface area contributed by atoms with Crippen molar-refractivity contribution in [2.45, 2.75) is 26.3 Å². The molecule has 0 unspecified atom stereocenters. The molecule has 0 aliphatic rings. The standard InChI is InChI=1S/C14H18FN3O2/c1-9(2)16-7-6-13-17-18-14(20-13)10-4-5-11(15)12(8-10)19-3/h4-5,8-9,16H,6-7H2,1-3H3. The predicted octanol–water partition coefficient (Wildman–Crippen LogP) is 2.42. The van der Waals surface area contributed by atoms with Crippen molar-refractivity contribution in [2.75, 3.05) is 13.7 Å². The summed E-state index contributed by atoms with van der Waals surface area (Å²) >= 11 is 0. The summed E-state index contributed by atoms with van der Waals surface area (Å²) in [7, 11) is 1.42. The van der Waals surface area contributed by atoms with Crippen LogP contribution in [0.2, 0.25) is 0 Å². The van der Waals surface area contributed by atoms with E-state index in [1.165, 1.54) is 13.2 Å². The highest BCUT2D eigenvalue weighted by Crippen LogP contribution is 2.25. The zero-order chi connectivity index (χ0) is 14.5. The maximum Gasteiger partial charge on any atom is 0.247 e. The third kappa shape index (κ3) is 3.54. The molecule has 1 N–H and O–H groups in total. The van der Waals surface area contributed by atoms with Crippen LogP contribution in [-0.4, -0.2) is 29.9 Å². The summed E-state index contributed by atoms with van der Waals surface area (Å²) in [5.41, 5.74) is 0.638. The molecule has 20 heavy (non-hydrogen) atoms. The summed E-state index contributed by atoms with van der Waals surface area (Å²) in [6, 6.07) is 4.86. The molecule has 1 heterocycles. The maximum atomic E-state index is 13.3. The van der Waals surface area contributed by atoms with Crippen LogP contribution in [0.5, 0.6) is 5.75 Å². The molecule has 0 aliphatic carbocycles. The fourth-order valence-electron chi connectivity index (χ4n) is 1.73. The molecule has 2 aromatic rings. The van der Waals surface area contributed by atoms with E-state index in [4.69, 9.17) is 9.15 Å². The van der Waals surface area contributed by atoms with E-state index in [1.54, 1.807) is 12.1 Å². The number of nitrogens with one attached hydrogen (secondary N) is 1. The number of hydrogen-bond acceptors (Lipinski definition) is 5. The van der Waals surface area contributed by atoms with E-state index in [0.717, 1.165) is 6.54 Å². The number of halogens is 1. The number of nitrogens with zero attached hydrogens (tertiary/aromatic N) is 2. The molecule has 0 radical (unpaired) electrons. The van der Waals surface area contributed by atoms with Gasteiger partial charge in [-0.2, -0.15) is 0 Å². The van der Waals surface area contributed by atoms with Gasteiger partial charge in [0.1, 0.15) is 0 Å². The smallest absolute Gasteiger partial charge is 0.247 e. The molecule has 108 valence electrons. The van der Waals surface area contributed by atoms with Crippen molar-refractivity contribution in [3.05, 3.63) is 29.9 Å². The minimum absolute atomic E-state index is 0.156. The minimum Gasteiger partial charge on any atom is -0.494 e. The highest BCUT2D eigenvalue weighted by molar-refractivity contribution is 5.55. The fraction of sp³-hybridized carbons (Fsp3) is 0.429. The van der Waals surface area contributed by atoms with Gasteiger partial charge in [-0.15, -0.1) is 10.2 Å². The van der Waals surface area contributed by atoms with Gasteiger partial charge < -0.3 is 14.5 Å². The van der Waals surface area contributed by atoms with Crippen LogP contribution < -0.4 is 10.1 Å². The molecule has 0 atom stereocenters. The molecule has 1 aromatic carbocycles. The fourth-order valence-corrected chi connectivity index (χ4v) is 1.73. The number of rotatable bonds is 6. The average Bonchev–Trinajstić information content (AvgIpc) is 2.87. The molecule has 0 spiro atoms. The highest BCUT2D eigenvalue weighted by atomic mass is 19.1. The van der Waals surface area contributed by atoms with Crippen LogP contribution in [0.1, 0.15) is 19.7 Å². The number of benzene rings is 1. The predicted molar refractivity (Wildman–Crippen MR) is 73.1 cm³/mol. The average molecular weight is 279 g/mol. The molecule has 5 nitrogen and oxygen atoms in total. The second-order valence-corrected chi connectivity index (χ2v) is 4.71. The Labute approximate surface area is 117 Å². The van der Waals surface area contributed by atoms with E-state index in [0.29, 0.717) is 29.8 Å². The maximum absolute atomic E-state index is 13.3. The van der Waals surface area contributed by atoms with E-state index in [-0.39, 0.29) is 5.75 Å². The second-order valence-electron chi connectivity index (χ2n) is 4.71. The lowest BCUT2D eigenvalue weighted by atomic mass is 10.2. The Morgan fingerprint density at radius 1 is 1.35 bits per heavy atom. The molecular weight excluding hydrogens is 261 g/mol. The largest absolute Gasteiger partial charge is 0.494 e. The zero-order valence-corrected chi connectivity index (χ0v) is 11.8. The molecule has 0 amide bonds. The Kier molecular flexibility index (Phi) is 4.68. The van der Waals surface area contributed by atoms with Gasteiger partial charge in [0.05, 0.1) is 7.11 Å². The Bertz CT molecular complexity index is 569. The van der Waals surface area contributed by atoms with Crippen LogP contribution in [-0.2, 0) is 6.42 Å². The molecule has 1 aromatic heterocycles. The van der Waals surface area contributed by atoms with Crippen molar-refractivity contribution in [3.8, 4) is 17.2 Å². The third-order valence-electron chi connectivity index (χ3n) is 2.76. The Balaban J connectivity index is 2.08. The number of hydrogen-bond donors (Lipinski definition) is 1. The SMILES string of the molecule is COc1cc(-c2nnc(CCNC(C)C)o2)ccc1F. The van der Waals surface area contributed by atoms with E-state index in [1.807, 2.05) is 0 Å². The van der Waals surface area contributed by atoms with Gasteiger partial charge in [0.2, 0.25) is 11.8 Å². The van der Waals surface area contributed by atoms with Crippen LogP contribution in [0.3, 0.4) is 0 Å². The lowest BCUT2D eigenvalue weighted by molar-refractivity contribution is 0.386. The zero-order valence-electron chi connectivity index (χ0n) is 11.8. The quantitative estimate of drug-likeness (QED) is 0.880. The van der Waals surface area contributed by atoms with Crippen LogP contribution in [0.4, 0.5) is 4.39 Å². The lowest BCUT2D eigenvalue weighted by Crippen LogP contribution is -2.25. The van der Waals surface area contributed by atoms with Crippen molar-refractivity contribution < 1.29 is 13.5 Å². The highest BCUT2D eigenvalue weighted by Gasteiger charge is 2.11. The molecule has 2 rings (SSSR count). The molecule has 0 saturated heterocycles. The van der Waals surface area contributed by atoms with Gasteiger partial charge >= 0.3 is 0 Å². The van der Waals surface area contributed by atoms with Crippen molar-refractivity contribution >= 4 is 0 Å². The molecular formula is C14H18FN3O2. The summed E-state index contributed by atoms with van der Waals surface area (Å²) in [4.78, 5) is 0. The first-order chi connectivity index (χ1) is 9.60. The number of methoxy groups -OCH3 is 1. The summed E-state index contributed by atoms with van der Waals surface area (Å²) in [6.07, 6.45) is 0.656. The Hall–Kier alpha value is -1.95. The van der Waals surface area contributed by atoms with Gasteiger partial charge in [0.25, 0.3) is 0 Å². The van der Waals surface area contributed by atoms with Crippen LogP contribution in [0.15, 0.2) is 22.6 Å². The molecule has 0 aliphatic heterocycles. The van der Waals surface area contributed by atoms with Gasteiger partial charge in [0, 0.05) is 24.6 Å². The van der Waals surface area contributed by atoms with Crippen LogP contribution in [0, 0.1) is 5.82 Å². The van der Waals surface area contributed by atoms with Crippen LogP contribution in [0.25, 0.3) is 11.5 Å². The summed E-state index contributed by atoms with van der Waals surface area (Å²) in [6.45, 7) is 4.92. The van der Waals surface area contributed by atoms with E-state index in [9.17, 15) is 4.39 Å². The van der Waals surface area contributed by atoms with Crippen molar-refractivity contribution in [1.82, 2.24) is 15.5 Å². The molecule has 6 heteroatoms. The topological polar surface area (TPSA) is 60.2 Å². The molecule has 0 bridgehead atoms. The van der Waals surface area contributed by atoms with Gasteiger partial charge in [-0.3, -0.25) is 0 Å². The summed E-state index contributed by atoms with van der Waals surface area (Å²) < 4.78 is 23.8. The van der Waals surface area contributed by atoms with Gasteiger partial charge in [-0.25, -0.2) is 4.39 Å². The van der Waals surface area contributed by atoms with E-state index >= 15 is 0 Å². The first-order valence-electron chi connectivity index (χ1n) is 6.50. The molecule has 0 fully saturated rings. The van der Waals surface area contributed by atoms with Gasteiger partial charge in [0.15, 0.2) is 11.6 Å². The second kappa shape index (κ2) is 6.47. The van der Waals surface area contributed by atoms with E-state index in [2.05, 4.69) is 29.4 Å². The monoisotopic (exact) mass is 279 g/mol. The first kappa shape index (κ1) is 14.5. The van der Waals surface area contributed by atoms with Crippen LogP contribution >= 0.6 is 0 Å². The van der Waals surface area contributed by atoms with Crippen molar-refractivity contribution in [2.24, 2.45) is 0 Å². The van der Waals surface area contributed by atoms with Crippen molar-refractivity contribution in [3.63, 3.8) is 0 Å². The summed E-state index contributed by atoms with van der Waals surface area (Å²) in [5, 5.41) is 11.2. The Morgan fingerprint density at radius 3 is 2.85 bits per heavy atom. The third-order valence-corrected chi connectivity index (χ3v) is 2.76. The van der Waals surface area contributed by atoms with Gasteiger partial charge in [-0.1, -0.05) is 13.8 Å². The first-order valence-corrected chi connectivity index (χ1v) is 6.50. The Morgan fingerprint density at radius 2 is 2.15 bits per heavy atom. The lowest BCUT2D eigenvalue weighted by Gasteiger charge is -2.05. The normalized spacial score (nSPS) is 11.1. The van der Waals surface area contributed by atoms with Gasteiger partial charge in [-0.05, 0) is 18.2 Å².